The maximum Gasteiger partial charge on any atom is 0.224 e. The van der Waals surface area contributed by atoms with E-state index in [4.69, 9.17) is 9.47 Å². The molecule has 0 unspecified atom stereocenters. The molecule has 0 aliphatic carbocycles. The second-order valence-corrected chi connectivity index (χ2v) is 5.79. The molecule has 25 heavy (non-hydrogen) atoms. The van der Waals surface area contributed by atoms with E-state index >= 15 is 0 Å². The first-order chi connectivity index (χ1) is 12.2. The molecule has 0 aliphatic heterocycles. The SMILES string of the molecule is CCCCOc1ccc(OC)cc1NC(=O)CCCc1ccccn1. The van der Waals surface area contributed by atoms with Crippen LogP contribution in [0.15, 0.2) is 42.6 Å². The molecule has 2 rings (SSSR count). The molecule has 1 heterocycles. The molecule has 1 N–H and O–H groups in total. The van der Waals surface area contributed by atoms with Crippen LogP contribution in [-0.2, 0) is 11.2 Å². The highest BCUT2D eigenvalue weighted by molar-refractivity contribution is 5.92. The van der Waals surface area contributed by atoms with Crippen molar-refractivity contribution in [2.45, 2.75) is 39.0 Å². The van der Waals surface area contributed by atoms with Crippen molar-refractivity contribution in [1.82, 2.24) is 4.98 Å². The van der Waals surface area contributed by atoms with Gasteiger partial charge in [-0.3, -0.25) is 9.78 Å². The lowest BCUT2D eigenvalue weighted by atomic mass is 10.1. The molecule has 1 aromatic heterocycles. The van der Waals surface area contributed by atoms with E-state index in [1.807, 2.05) is 30.3 Å². The summed E-state index contributed by atoms with van der Waals surface area (Å²) >= 11 is 0. The minimum Gasteiger partial charge on any atom is -0.497 e. The van der Waals surface area contributed by atoms with E-state index in [-0.39, 0.29) is 5.91 Å². The van der Waals surface area contributed by atoms with E-state index in [0.29, 0.717) is 30.2 Å². The van der Waals surface area contributed by atoms with Crippen molar-refractivity contribution < 1.29 is 14.3 Å². The van der Waals surface area contributed by atoms with Crippen LogP contribution in [-0.4, -0.2) is 24.6 Å². The Kier molecular flexibility index (Phi) is 7.76. The molecule has 134 valence electrons. The summed E-state index contributed by atoms with van der Waals surface area (Å²) in [6, 6.07) is 11.3. The van der Waals surface area contributed by atoms with E-state index < -0.39 is 0 Å². The quantitative estimate of drug-likeness (QED) is 0.656. The van der Waals surface area contributed by atoms with Crippen molar-refractivity contribution in [3.05, 3.63) is 48.3 Å². The zero-order chi connectivity index (χ0) is 17.9. The van der Waals surface area contributed by atoms with Gasteiger partial charge in [-0.05, 0) is 43.5 Å². The number of aryl methyl sites for hydroxylation is 1. The topological polar surface area (TPSA) is 60.5 Å². The number of methoxy groups -OCH3 is 1. The van der Waals surface area contributed by atoms with Crippen molar-refractivity contribution in [2.24, 2.45) is 0 Å². The summed E-state index contributed by atoms with van der Waals surface area (Å²) in [7, 11) is 1.60. The number of hydrogen-bond acceptors (Lipinski definition) is 4. The van der Waals surface area contributed by atoms with Gasteiger partial charge < -0.3 is 14.8 Å². The predicted molar refractivity (Wildman–Crippen MR) is 99.2 cm³/mol. The third-order valence-corrected chi connectivity index (χ3v) is 3.78. The van der Waals surface area contributed by atoms with E-state index in [1.165, 1.54) is 0 Å². The van der Waals surface area contributed by atoms with Gasteiger partial charge in [-0.25, -0.2) is 0 Å². The Hall–Kier alpha value is -2.56. The number of benzene rings is 1. The Bertz CT molecular complexity index is 659. The van der Waals surface area contributed by atoms with Gasteiger partial charge in [0.2, 0.25) is 5.91 Å². The number of hydrogen-bond donors (Lipinski definition) is 1. The Morgan fingerprint density at radius 2 is 2.08 bits per heavy atom. The van der Waals surface area contributed by atoms with Crippen LogP contribution in [0.25, 0.3) is 0 Å². The Balaban J connectivity index is 1.91. The van der Waals surface area contributed by atoms with Crippen molar-refractivity contribution in [1.29, 1.82) is 0 Å². The molecule has 5 nitrogen and oxygen atoms in total. The van der Waals surface area contributed by atoms with Crippen LogP contribution in [0.3, 0.4) is 0 Å². The number of aromatic nitrogens is 1. The number of unbranched alkanes of at least 4 members (excludes halogenated alkanes) is 1. The van der Waals surface area contributed by atoms with Crippen LogP contribution in [0, 0.1) is 0 Å². The first-order valence-electron chi connectivity index (χ1n) is 8.73. The summed E-state index contributed by atoms with van der Waals surface area (Å²) in [5.74, 6) is 1.32. The monoisotopic (exact) mass is 342 g/mol. The molecular formula is C20H26N2O3. The maximum absolute atomic E-state index is 12.3. The van der Waals surface area contributed by atoms with E-state index in [0.717, 1.165) is 31.4 Å². The van der Waals surface area contributed by atoms with Gasteiger partial charge in [0.15, 0.2) is 0 Å². The third-order valence-electron chi connectivity index (χ3n) is 3.78. The van der Waals surface area contributed by atoms with Crippen LogP contribution in [0.1, 0.15) is 38.3 Å². The summed E-state index contributed by atoms with van der Waals surface area (Å²) in [5.41, 5.74) is 1.65. The number of rotatable bonds is 10. The summed E-state index contributed by atoms with van der Waals surface area (Å²) < 4.78 is 11.0. The van der Waals surface area contributed by atoms with Crippen molar-refractivity contribution in [3.63, 3.8) is 0 Å². The summed E-state index contributed by atoms with van der Waals surface area (Å²) in [5, 5.41) is 2.93. The molecule has 0 saturated carbocycles. The highest BCUT2D eigenvalue weighted by atomic mass is 16.5. The zero-order valence-corrected chi connectivity index (χ0v) is 15.0. The van der Waals surface area contributed by atoms with Gasteiger partial charge >= 0.3 is 0 Å². The molecule has 0 fully saturated rings. The lowest BCUT2D eigenvalue weighted by Gasteiger charge is -2.14. The summed E-state index contributed by atoms with van der Waals surface area (Å²) in [6.45, 7) is 2.74. The fourth-order valence-electron chi connectivity index (χ4n) is 2.37. The van der Waals surface area contributed by atoms with Crippen molar-refractivity contribution in [2.75, 3.05) is 19.0 Å². The maximum atomic E-state index is 12.3. The molecule has 5 heteroatoms. The second-order valence-electron chi connectivity index (χ2n) is 5.79. The highest BCUT2D eigenvalue weighted by Crippen LogP contribution is 2.29. The van der Waals surface area contributed by atoms with E-state index in [2.05, 4.69) is 17.2 Å². The number of carbonyl (C=O) groups is 1. The molecule has 1 amide bonds. The number of nitrogens with one attached hydrogen (secondary N) is 1. The molecule has 0 spiro atoms. The lowest BCUT2D eigenvalue weighted by molar-refractivity contribution is -0.116. The minimum absolute atomic E-state index is 0.0375. The molecule has 0 radical (unpaired) electrons. The molecule has 0 bridgehead atoms. The minimum atomic E-state index is -0.0375. The largest absolute Gasteiger partial charge is 0.497 e. The molecule has 1 aromatic carbocycles. The summed E-state index contributed by atoms with van der Waals surface area (Å²) in [4.78, 5) is 16.5. The standard InChI is InChI=1S/C20H26N2O3/c1-3-4-14-25-19-12-11-17(24-2)15-18(19)22-20(23)10-7-9-16-8-5-6-13-21-16/h5-6,8,11-13,15H,3-4,7,9-10,14H2,1-2H3,(H,22,23). The predicted octanol–water partition coefficient (Wildman–Crippen LogP) is 4.23. The number of carbonyl (C=O) groups excluding carboxylic acids is 1. The Labute approximate surface area is 149 Å². The second kappa shape index (κ2) is 10.3. The van der Waals surface area contributed by atoms with Crippen LogP contribution in [0.2, 0.25) is 0 Å². The molecule has 0 atom stereocenters. The van der Waals surface area contributed by atoms with Gasteiger partial charge in [0.05, 0.1) is 19.4 Å². The van der Waals surface area contributed by atoms with Gasteiger partial charge in [-0.2, -0.15) is 0 Å². The fraction of sp³-hybridized carbons (Fsp3) is 0.400. The molecule has 0 aliphatic rings. The molecule has 2 aromatic rings. The first kappa shape index (κ1) is 18.8. The van der Waals surface area contributed by atoms with E-state index in [9.17, 15) is 4.79 Å². The number of anilines is 1. The normalized spacial score (nSPS) is 10.3. The van der Waals surface area contributed by atoms with E-state index in [1.54, 1.807) is 19.4 Å². The van der Waals surface area contributed by atoms with Gasteiger partial charge in [0.1, 0.15) is 11.5 Å². The Morgan fingerprint density at radius 1 is 1.20 bits per heavy atom. The number of ether oxygens (including phenoxy) is 2. The van der Waals surface area contributed by atoms with Gasteiger partial charge in [0.25, 0.3) is 0 Å². The zero-order valence-electron chi connectivity index (χ0n) is 15.0. The van der Waals surface area contributed by atoms with Crippen LogP contribution in [0.4, 0.5) is 5.69 Å². The van der Waals surface area contributed by atoms with Crippen molar-refractivity contribution >= 4 is 11.6 Å². The number of pyridine rings is 1. The Morgan fingerprint density at radius 3 is 2.80 bits per heavy atom. The van der Waals surface area contributed by atoms with Gasteiger partial charge in [-0.15, -0.1) is 0 Å². The fourth-order valence-corrected chi connectivity index (χ4v) is 2.37. The van der Waals surface area contributed by atoms with Crippen molar-refractivity contribution in [3.8, 4) is 11.5 Å². The lowest BCUT2D eigenvalue weighted by Crippen LogP contribution is -2.13. The number of nitrogens with zero attached hydrogens (tertiary/aromatic N) is 1. The van der Waals surface area contributed by atoms with Crippen LogP contribution in [0.5, 0.6) is 11.5 Å². The third kappa shape index (κ3) is 6.45. The highest BCUT2D eigenvalue weighted by Gasteiger charge is 2.10. The van der Waals surface area contributed by atoms with Gasteiger partial charge in [-0.1, -0.05) is 19.4 Å². The number of amides is 1. The van der Waals surface area contributed by atoms with Crippen LogP contribution < -0.4 is 14.8 Å². The van der Waals surface area contributed by atoms with Crippen LogP contribution >= 0.6 is 0 Å². The first-order valence-corrected chi connectivity index (χ1v) is 8.73. The average Bonchev–Trinajstić information content (AvgIpc) is 2.64. The summed E-state index contributed by atoms with van der Waals surface area (Å²) in [6.07, 6.45) is 5.77. The average molecular weight is 342 g/mol. The smallest absolute Gasteiger partial charge is 0.224 e. The molecular weight excluding hydrogens is 316 g/mol. The van der Waals surface area contributed by atoms with Gasteiger partial charge in [0, 0.05) is 24.4 Å². The molecule has 0 saturated heterocycles.